The Hall–Kier alpha value is -2.15. The molecule has 1 aliphatic heterocycles. The molecule has 1 amide bonds. The molecule has 2 aromatic heterocycles. The van der Waals surface area contributed by atoms with Gasteiger partial charge < -0.3 is 4.90 Å². The minimum Gasteiger partial charge on any atom is -0.339 e. The van der Waals surface area contributed by atoms with Gasteiger partial charge in [-0.2, -0.15) is 5.10 Å². The quantitative estimate of drug-likeness (QED) is 0.789. The zero-order valence-corrected chi connectivity index (χ0v) is 15.1. The highest BCUT2D eigenvalue weighted by Gasteiger charge is 2.33. The number of carbonyl (C=O) groups excluding carboxylic acids is 1. The fourth-order valence-corrected chi connectivity index (χ4v) is 4.07. The van der Waals surface area contributed by atoms with Crippen LogP contribution < -0.4 is 5.69 Å². The number of likely N-dealkylation sites (tertiary alicyclic amines) is 1. The minimum absolute atomic E-state index is 0.00473. The van der Waals surface area contributed by atoms with Crippen molar-refractivity contribution in [3.05, 3.63) is 44.8 Å². The lowest BCUT2D eigenvalue weighted by molar-refractivity contribution is -0.127. The van der Waals surface area contributed by atoms with Gasteiger partial charge in [-0.05, 0) is 43.2 Å². The first kappa shape index (κ1) is 16.3. The fraction of sp³-hybridized carbons (Fsp3) is 0.500. The van der Waals surface area contributed by atoms with Crippen LogP contribution in [-0.4, -0.2) is 38.2 Å². The third-order valence-electron chi connectivity index (χ3n) is 5.00. The molecule has 132 valence electrons. The molecule has 0 spiro atoms. The van der Waals surface area contributed by atoms with Crippen LogP contribution in [-0.2, 0) is 11.8 Å². The molecule has 2 fully saturated rings. The molecule has 1 saturated heterocycles. The standard InChI is InChI=1S/C18H22N4O2S/c1-20-18(24)22(14-4-5-14)17(19-20)13-8-10-21(11-9-13)16(23)7-6-15-3-2-12-25-15/h2-3,6-7,12-14H,4-5,8-11H2,1H3/b7-6+. The second-order valence-corrected chi connectivity index (χ2v) is 7.79. The second kappa shape index (κ2) is 6.63. The Morgan fingerprint density at radius 2 is 2.04 bits per heavy atom. The maximum absolute atomic E-state index is 12.3. The lowest BCUT2D eigenvalue weighted by Crippen LogP contribution is -2.37. The first-order chi connectivity index (χ1) is 12.1. The van der Waals surface area contributed by atoms with Crippen molar-refractivity contribution in [1.82, 2.24) is 19.2 Å². The SMILES string of the molecule is Cn1nc(C2CCN(C(=O)/C=C/c3cccs3)CC2)n(C2CC2)c1=O. The molecule has 0 radical (unpaired) electrons. The number of rotatable bonds is 4. The van der Waals surface area contributed by atoms with E-state index in [2.05, 4.69) is 5.10 Å². The van der Waals surface area contributed by atoms with Gasteiger partial charge >= 0.3 is 5.69 Å². The largest absolute Gasteiger partial charge is 0.345 e. The van der Waals surface area contributed by atoms with E-state index in [9.17, 15) is 9.59 Å². The molecule has 2 aromatic rings. The zero-order chi connectivity index (χ0) is 17.4. The average Bonchev–Trinajstić information content (AvgIpc) is 3.23. The first-order valence-corrected chi connectivity index (χ1v) is 9.67. The number of carbonyl (C=O) groups is 1. The van der Waals surface area contributed by atoms with E-state index >= 15 is 0 Å². The second-order valence-electron chi connectivity index (χ2n) is 6.81. The van der Waals surface area contributed by atoms with E-state index in [0.29, 0.717) is 19.1 Å². The minimum atomic E-state index is -0.00473. The Morgan fingerprint density at radius 3 is 2.68 bits per heavy atom. The predicted molar refractivity (Wildman–Crippen MR) is 97.6 cm³/mol. The number of aryl methyl sites for hydroxylation is 1. The van der Waals surface area contributed by atoms with Gasteiger partial charge in [0.2, 0.25) is 5.91 Å². The van der Waals surface area contributed by atoms with Crippen LogP contribution in [0.3, 0.4) is 0 Å². The molecule has 4 rings (SSSR count). The van der Waals surface area contributed by atoms with Gasteiger partial charge in [0.1, 0.15) is 5.82 Å². The third kappa shape index (κ3) is 3.33. The van der Waals surface area contributed by atoms with Gasteiger partial charge in [-0.1, -0.05) is 6.07 Å². The molecule has 0 atom stereocenters. The summed E-state index contributed by atoms with van der Waals surface area (Å²) in [6, 6.07) is 4.32. The summed E-state index contributed by atoms with van der Waals surface area (Å²) in [5.41, 5.74) is -0.00473. The van der Waals surface area contributed by atoms with E-state index in [1.54, 1.807) is 24.5 Å². The Labute approximate surface area is 150 Å². The van der Waals surface area contributed by atoms with Gasteiger partial charge in [-0.15, -0.1) is 11.3 Å². The van der Waals surface area contributed by atoms with Gasteiger partial charge in [0, 0.05) is 43.1 Å². The third-order valence-corrected chi connectivity index (χ3v) is 5.84. The molecule has 3 heterocycles. The Morgan fingerprint density at radius 1 is 1.28 bits per heavy atom. The normalized spacial score (nSPS) is 19.0. The van der Waals surface area contributed by atoms with E-state index in [1.165, 1.54) is 4.68 Å². The summed E-state index contributed by atoms with van der Waals surface area (Å²) in [5, 5.41) is 6.49. The lowest BCUT2D eigenvalue weighted by atomic mass is 9.95. The fourth-order valence-electron chi connectivity index (χ4n) is 3.46. The molecular formula is C18H22N4O2S. The van der Waals surface area contributed by atoms with Crippen LogP contribution in [0.5, 0.6) is 0 Å². The molecule has 7 heteroatoms. The highest BCUT2D eigenvalue weighted by molar-refractivity contribution is 7.10. The van der Waals surface area contributed by atoms with E-state index in [0.717, 1.165) is 36.4 Å². The molecule has 2 aliphatic rings. The zero-order valence-electron chi connectivity index (χ0n) is 14.3. The summed E-state index contributed by atoms with van der Waals surface area (Å²) in [7, 11) is 1.72. The molecule has 0 bridgehead atoms. The smallest absolute Gasteiger partial charge is 0.339 e. The first-order valence-electron chi connectivity index (χ1n) is 8.79. The van der Waals surface area contributed by atoms with Crippen molar-refractivity contribution in [2.45, 2.75) is 37.6 Å². The van der Waals surface area contributed by atoms with Crippen molar-refractivity contribution in [3.63, 3.8) is 0 Å². The van der Waals surface area contributed by atoms with E-state index in [4.69, 9.17) is 0 Å². The number of aromatic nitrogens is 3. The molecule has 0 unspecified atom stereocenters. The van der Waals surface area contributed by atoms with Crippen molar-refractivity contribution in [1.29, 1.82) is 0 Å². The predicted octanol–water partition coefficient (Wildman–Crippen LogP) is 2.40. The molecule has 0 N–H and O–H groups in total. The average molecular weight is 358 g/mol. The maximum atomic E-state index is 12.3. The van der Waals surface area contributed by atoms with Crippen molar-refractivity contribution < 1.29 is 4.79 Å². The van der Waals surface area contributed by atoms with Crippen LogP contribution in [0, 0.1) is 0 Å². The number of amides is 1. The molecule has 0 aromatic carbocycles. The van der Waals surface area contributed by atoms with E-state index in [1.807, 2.05) is 33.1 Å². The van der Waals surface area contributed by atoms with Crippen LogP contribution >= 0.6 is 11.3 Å². The summed E-state index contributed by atoms with van der Waals surface area (Å²) < 4.78 is 3.34. The number of hydrogen-bond acceptors (Lipinski definition) is 4. The van der Waals surface area contributed by atoms with Crippen molar-refractivity contribution in [2.24, 2.45) is 7.05 Å². The summed E-state index contributed by atoms with van der Waals surface area (Å²) in [6.07, 6.45) is 7.41. The highest BCUT2D eigenvalue weighted by atomic mass is 32.1. The van der Waals surface area contributed by atoms with Gasteiger partial charge in [0.05, 0.1) is 0 Å². The molecule has 25 heavy (non-hydrogen) atoms. The van der Waals surface area contributed by atoms with Crippen molar-refractivity contribution >= 4 is 23.3 Å². The number of thiophene rings is 1. The monoisotopic (exact) mass is 358 g/mol. The Bertz CT molecular complexity index is 837. The Balaban J connectivity index is 1.41. The van der Waals surface area contributed by atoms with Gasteiger partial charge in [0.15, 0.2) is 0 Å². The van der Waals surface area contributed by atoms with Crippen LogP contribution in [0.1, 0.15) is 48.3 Å². The van der Waals surface area contributed by atoms with Crippen LogP contribution in [0.2, 0.25) is 0 Å². The summed E-state index contributed by atoms with van der Waals surface area (Å²) in [5.74, 6) is 1.24. The van der Waals surface area contributed by atoms with Gasteiger partial charge in [-0.3, -0.25) is 9.36 Å². The van der Waals surface area contributed by atoms with Crippen molar-refractivity contribution in [3.8, 4) is 0 Å². The van der Waals surface area contributed by atoms with Gasteiger partial charge in [-0.25, -0.2) is 9.48 Å². The maximum Gasteiger partial charge on any atom is 0.345 e. The highest BCUT2D eigenvalue weighted by Crippen LogP contribution is 2.37. The van der Waals surface area contributed by atoms with E-state index in [-0.39, 0.29) is 17.5 Å². The van der Waals surface area contributed by atoms with E-state index < -0.39 is 0 Å². The van der Waals surface area contributed by atoms with Crippen LogP contribution in [0.25, 0.3) is 6.08 Å². The number of piperidine rings is 1. The van der Waals surface area contributed by atoms with Crippen LogP contribution in [0.15, 0.2) is 28.4 Å². The number of hydrogen-bond donors (Lipinski definition) is 0. The molecule has 6 nitrogen and oxygen atoms in total. The molecule has 1 aliphatic carbocycles. The van der Waals surface area contributed by atoms with Crippen molar-refractivity contribution in [2.75, 3.05) is 13.1 Å². The number of nitrogens with zero attached hydrogens (tertiary/aromatic N) is 4. The Kier molecular flexibility index (Phi) is 4.33. The topological polar surface area (TPSA) is 60.1 Å². The molecule has 1 saturated carbocycles. The molecular weight excluding hydrogens is 336 g/mol. The lowest BCUT2D eigenvalue weighted by Gasteiger charge is -2.31. The summed E-state index contributed by atoms with van der Waals surface area (Å²) >= 11 is 1.62. The van der Waals surface area contributed by atoms with Crippen LogP contribution in [0.4, 0.5) is 0 Å². The summed E-state index contributed by atoms with van der Waals surface area (Å²) in [4.78, 5) is 27.6. The summed E-state index contributed by atoms with van der Waals surface area (Å²) in [6.45, 7) is 1.43. The van der Waals surface area contributed by atoms with Gasteiger partial charge in [0.25, 0.3) is 0 Å².